The molecule has 1 fully saturated rings. The molecule has 3 aromatic rings. The summed E-state index contributed by atoms with van der Waals surface area (Å²) in [5.41, 5.74) is 2.01. The number of amides is 1. The Hall–Kier alpha value is -3.79. The highest BCUT2D eigenvalue weighted by molar-refractivity contribution is 7.14. The van der Waals surface area contributed by atoms with Gasteiger partial charge in [-0.25, -0.2) is 9.78 Å². The highest BCUT2D eigenvalue weighted by atomic mass is 32.1. The highest BCUT2D eigenvalue weighted by Gasteiger charge is 2.24. The fourth-order valence-electron chi connectivity index (χ4n) is 3.46. The van der Waals surface area contributed by atoms with Gasteiger partial charge in [0.2, 0.25) is 0 Å². The number of carbonyl (C=O) groups excluding carboxylic acids is 2. The molecule has 1 amide bonds. The monoisotopic (exact) mass is 452 g/mol. The number of hydrogen-bond donors (Lipinski definition) is 1. The summed E-state index contributed by atoms with van der Waals surface area (Å²) < 4.78 is 5.04. The number of nitro benzene ring substituents is 1. The molecule has 9 nitrogen and oxygen atoms in total. The second-order valence-electron chi connectivity index (χ2n) is 7.18. The van der Waals surface area contributed by atoms with Gasteiger partial charge in [0.1, 0.15) is 5.69 Å². The van der Waals surface area contributed by atoms with Crippen molar-refractivity contribution < 1.29 is 19.2 Å². The first-order valence-corrected chi connectivity index (χ1v) is 10.9. The van der Waals surface area contributed by atoms with Gasteiger partial charge in [-0.3, -0.25) is 20.2 Å². The Balaban J connectivity index is 1.36. The zero-order valence-corrected chi connectivity index (χ0v) is 17.8. The lowest BCUT2D eigenvalue weighted by Crippen LogP contribution is -2.21. The number of esters is 1. The van der Waals surface area contributed by atoms with Gasteiger partial charge >= 0.3 is 5.97 Å². The van der Waals surface area contributed by atoms with E-state index < -0.39 is 23.4 Å². The molecular weight excluding hydrogens is 432 g/mol. The van der Waals surface area contributed by atoms with Crippen molar-refractivity contribution in [1.29, 1.82) is 0 Å². The standard InChI is InChI=1S/C22H20N4O5S/c27-20(24-22-23-17(14-32-22)15-6-2-1-3-7-15)13-31-21(28)16-8-9-18(19(12-16)26(29)30)25-10-4-5-11-25/h1-3,6-9,12,14H,4-5,10-11,13H2,(H,23,24,27). The number of ether oxygens (including phenoxy) is 1. The summed E-state index contributed by atoms with van der Waals surface area (Å²) in [5.74, 6) is -1.35. The van der Waals surface area contributed by atoms with Crippen LogP contribution in [0, 0.1) is 10.1 Å². The number of benzene rings is 2. The van der Waals surface area contributed by atoms with Gasteiger partial charge in [-0.1, -0.05) is 30.3 Å². The zero-order chi connectivity index (χ0) is 22.5. The van der Waals surface area contributed by atoms with Crippen molar-refractivity contribution in [3.8, 4) is 11.3 Å². The molecule has 4 rings (SSSR count). The van der Waals surface area contributed by atoms with Crippen LogP contribution in [0.5, 0.6) is 0 Å². The van der Waals surface area contributed by atoms with Gasteiger partial charge in [-0.05, 0) is 25.0 Å². The smallest absolute Gasteiger partial charge is 0.338 e. The van der Waals surface area contributed by atoms with Crippen LogP contribution < -0.4 is 10.2 Å². The summed E-state index contributed by atoms with van der Waals surface area (Å²) in [6.45, 7) is 0.960. The topological polar surface area (TPSA) is 115 Å². The normalized spacial score (nSPS) is 13.1. The van der Waals surface area contributed by atoms with E-state index in [9.17, 15) is 19.7 Å². The molecule has 10 heteroatoms. The molecular formula is C22H20N4O5S. The molecule has 1 saturated heterocycles. The first-order chi connectivity index (χ1) is 15.5. The average molecular weight is 452 g/mol. The summed E-state index contributed by atoms with van der Waals surface area (Å²) >= 11 is 1.26. The quantitative estimate of drug-likeness (QED) is 0.326. The summed E-state index contributed by atoms with van der Waals surface area (Å²) in [6.07, 6.45) is 1.95. The van der Waals surface area contributed by atoms with Gasteiger partial charge in [-0.15, -0.1) is 11.3 Å². The van der Waals surface area contributed by atoms with Crippen LogP contribution in [0.15, 0.2) is 53.9 Å². The van der Waals surface area contributed by atoms with E-state index in [0.29, 0.717) is 10.8 Å². The van der Waals surface area contributed by atoms with Gasteiger partial charge in [0.25, 0.3) is 11.6 Å². The van der Waals surface area contributed by atoms with E-state index in [0.717, 1.165) is 37.2 Å². The minimum Gasteiger partial charge on any atom is -0.452 e. The van der Waals surface area contributed by atoms with Gasteiger partial charge < -0.3 is 9.64 Å². The van der Waals surface area contributed by atoms with E-state index in [4.69, 9.17) is 4.74 Å². The number of anilines is 2. The zero-order valence-electron chi connectivity index (χ0n) is 17.0. The SMILES string of the molecule is O=C(COC(=O)c1ccc(N2CCCC2)c([N+](=O)[O-])c1)Nc1nc(-c2ccccc2)cs1. The summed E-state index contributed by atoms with van der Waals surface area (Å²) in [4.78, 5) is 41.8. The number of aromatic nitrogens is 1. The Labute approximate surface area is 187 Å². The van der Waals surface area contributed by atoms with Crippen LogP contribution in [-0.2, 0) is 9.53 Å². The number of nitrogens with zero attached hydrogens (tertiary/aromatic N) is 3. The molecule has 2 heterocycles. The van der Waals surface area contributed by atoms with Crippen molar-refractivity contribution >= 4 is 39.7 Å². The maximum atomic E-state index is 12.3. The van der Waals surface area contributed by atoms with E-state index in [1.54, 1.807) is 6.07 Å². The average Bonchev–Trinajstić information content (AvgIpc) is 3.50. The fraction of sp³-hybridized carbons (Fsp3) is 0.227. The molecule has 32 heavy (non-hydrogen) atoms. The highest BCUT2D eigenvalue weighted by Crippen LogP contribution is 2.32. The maximum absolute atomic E-state index is 12.3. The second-order valence-corrected chi connectivity index (χ2v) is 8.04. The third-order valence-electron chi connectivity index (χ3n) is 5.01. The lowest BCUT2D eigenvalue weighted by Gasteiger charge is -2.17. The number of nitro groups is 1. The van der Waals surface area contributed by atoms with Crippen LogP contribution in [0.4, 0.5) is 16.5 Å². The number of thiazole rings is 1. The van der Waals surface area contributed by atoms with Gasteiger partial charge in [0, 0.05) is 30.1 Å². The fourth-order valence-corrected chi connectivity index (χ4v) is 4.20. The largest absolute Gasteiger partial charge is 0.452 e. The lowest BCUT2D eigenvalue weighted by atomic mass is 10.1. The Morgan fingerprint density at radius 3 is 2.62 bits per heavy atom. The van der Waals surface area contributed by atoms with Crippen LogP contribution in [0.3, 0.4) is 0 Å². The molecule has 0 bridgehead atoms. The van der Waals surface area contributed by atoms with E-state index >= 15 is 0 Å². The van der Waals surface area contributed by atoms with Crippen LogP contribution in [0.25, 0.3) is 11.3 Å². The van der Waals surface area contributed by atoms with Crippen LogP contribution in [0.2, 0.25) is 0 Å². The second kappa shape index (κ2) is 9.56. The van der Waals surface area contributed by atoms with Gasteiger partial charge in [-0.2, -0.15) is 0 Å². The van der Waals surface area contributed by atoms with Crippen molar-refractivity contribution in [1.82, 2.24) is 4.98 Å². The Morgan fingerprint density at radius 1 is 1.16 bits per heavy atom. The van der Waals surface area contributed by atoms with Crippen molar-refractivity contribution in [2.75, 3.05) is 29.9 Å². The maximum Gasteiger partial charge on any atom is 0.338 e. The summed E-state index contributed by atoms with van der Waals surface area (Å²) in [6, 6.07) is 13.8. The number of nitrogens with one attached hydrogen (secondary N) is 1. The molecule has 2 aromatic carbocycles. The molecule has 0 saturated carbocycles. The molecule has 0 radical (unpaired) electrons. The molecule has 1 aliphatic heterocycles. The first-order valence-electron chi connectivity index (χ1n) is 10.0. The molecule has 164 valence electrons. The van der Waals surface area contributed by atoms with E-state index in [1.807, 2.05) is 40.6 Å². The molecule has 0 unspecified atom stereocenters. The third kappa shape index (κ3) is 4.92. The minimum atomic E-state index is -0.805. The summed E-state index contributed by atoms with van der Waals surface area (Å²) in [5, 5.41) is 16.3. The molecule has 1 N–H and O–H groups in total. The van der Waals surface area contributed by atoms with E-state index in [1.165, 1.54) is 23.5 Å². The van der Waals surface area contributed by atoms with Crippen LogP contribution in [0.1, 0.15) is 23.2 Å². The predicted octanol–water partition coefficient (Wildman–Crippen LogP) is 4.11. The van der Waals surface area contributed by atoms with Crippen molar-refractivity contribution in [3.63, 3.8) is 0 Å². The number of rotatable bonds is 7. The Bertz CT molecular complexity index is 1140. The minimum absolute atomic E-state index is 0.0214. The number of carbonyl (C=O) groups is 2. The Morgan fingerprint density at radius 2 is 1.91 bits per heavy atom. The Kier molecular flexibility index (Phi) is 6.41. The molecule has 0 aliphatic carbocycles. The first kappa shape index (κ1) is 21.4. The van der Waals surface area contributed by atoms with Gasteiger partial charge in [0.05, 0.1) is 16.2 Å². The predicted molar refractivity (Wildman–Crippen MR) is 121 cm³/mol. The lowest BCUT2D eigenvalue weighted by molar-refractivity contribution is -0.384. The van der Waals surface area contributed by atoms with Crippen LogP contribution in [-0.4, -0.2) is 41.5 Å². The number of hydrogen-bond acceptors (Lipinski definition) is 8. The van der Waals surface area contributed by atoms with Crippen molar-refractivity contribution in [3.05, 3.63) is 69.6 Å². The molecule has 0 atom stereocenters. The molecule has 0 spiro atoms. The van der Waals surface area contributed by atoms with E-state index in [2.05, 4.69) is 10.3 Å². The van der Waals surface area contributed by atoms with E-state index in [-0.39, 0.29) is 11.3 Å². The van der Waals surface area contributed by atoms with Crippen LogP contribution >= 0.6 is 11.3 Å². The van der Waals surface area contributed by atoms with Crippen molar-refractivity contribution in [2.24, 2.45) is 0 Å². The molecule has 1 aromatic heterocycles. The molecule has 1 aliphatic rings. The van der Waals surface area contributed by atoms with Crippen molar-refractivity contribution in [2.45, 2.75) is 12.8 Å². The third-order valence-corrected chi connectivity index (χ3v) is 5.77. The van der Waals surface area contributed by atoms with Gasteiger partial charge in [0.15, 0.2) is 11.7 Å². The summed E-state index contributed by atoms with van der Waals surface area (Å²) in [7, 11) is 0.